The molecule has 0 unspecified atom stereocenters. The van der Waals surface area contributed by atoms with Gasteiger partial charge in [-0.2, -0.15) is 0 Å². The van der Waals surface area contributed by atoms with E-state index < -0.39 is 89.6 Å². The lowest BCUT2D eigenvalue weighted by atomic mass is 9.97. The molecule has 0 radical (unpaired) electrons. The smallest absolute Gasteiger partial charge is 0.136 e. The van der Waals surface area contributed by atoms with E-state index in [-0.39, 0.29) is 16.7 Å². The molecule has 52 heavy (non-hydrogen) atoms. The molecule has 10 aromatic rings. The summed E-state index contributed by atoms with van der Waals surface area (Å²) in [6.07, 6.45) is 0. The number of rotatable bonds is 6. The van der Waals surface area contributed by atoms with Crippen molar-refractivity contribution in [3.63, 3.8) is 0 Å². The first-order valence-corrected chi connectivity index (χ1v) is 16.8. The highest BCUT2D eigenvalue weighted by molar-refractivity contribution is 6.12. The maximum Gasteiger partial charge on any atom is 0.136 e. The van der Waals surface area contributed by atoms with E-state index in [2.05, 4.69) is 0 Å². The summed E-state index contributed by atoms with van der Waals surface area (Å²) < 4.78 is 120. The molecule has 1 aromatic heterocycles. The molecular weight excluding hydrogens is 631 g/mol. The Morgan fingerprint density at radius 1 is 0.385 bits per heavy atom. The maximum absolute atomic E-state index is 9.93. The summed E-state index contributed by atoms with van der Waals surface area (Å²) in [6.45, 7) is 0. The summed E-state index contributed by atoms with van der Waals surface area (Å²) >= 11 is 0. The van der Waals surface area contributed by atoms with E-state index in [9.17, 15) is 16.4 Å². The van der Waals surface area contributed by atoms with Gasteiger partial charge in [0.15, 0.2) is 0 Å². The Morgan fingerprint density at radius 2 is 0.885 bits per heavy atom. The summed E-state index contributed by atoms with van der Waals surface area (Å²) in [6, 6.07) is 30.3. The van der Waals surface area contributed by atoms with Gasteiger partial charge in [0, 0.05) is 27.8 Å². The fraction of sp³-hybridized carbons (Fsp3) is 0. The van der Waals surface area contributed by atoms with Gasteiger partial charge < -0.3 is 9.32 Å². The van der Waals surface area contributed by atoms with Gasteiger partial charge in [-0.1, -0.05) is 152 Å². The van der Waals surface area contributed by atoms with Gasteiger partial charge in [-0.05, 0) is 103 Å². The zero-order valence-electron chi connectivity index (χ0n) is 39.5. The van der Waals surface area contributed by atoms with E-state index in [0.29, 0.717) is 49.4 Å². The SMILES string of the molecule is [2H]c1c([2H])c(-c2cccc3oc4ccccc4c23)c([2H])c(N(c2c([2H])c([2H])c(-c3cccc4ccccc34)c([2H])c2[2H])c2c([2H])c([2H])c(-c3cccc4ccccc34)c([2H])c2[2H])c1[2H]. The predicted octanol–water partition coefficient (Wildman–Crippen LogP) is 14.4. The highest BCUT2D eigenvalue weighted by Gasteiger charge is 2.17. The molecule has 0 aliphatic rings. The number of benzene rings is 9. The van der Waals surface area contributed by atoms with E-state index in [1.807, 2.05) is 48.5 Å². The standard InChI is InChI=1S/C50H33NO/c1-3-17-42-34(11-1)13-8-20-44(42)36-25-29-39(30-26-36)51(40-31-27-37(28-32-40)45-21-9-14-35-12-2-4-18-43(35)45)41-16-7-15-38(33-41)46-22-10-24-49-50(46)47-19-5-6-23-48(47)52-49/h1-33H/i7D,15D,16D,25D,26D,27D,28D,29D,30D,31D,32D,33D. The zero-order valence-corrected chi connectivity index (χ0v) is 27.5. The van der Waals surface area contributed by atoms with Crippen LogP contribution < -0.4 is 4.90 Å². The van der Waals surface area contributed by atoms with Crippen LogP contribution in [0.4, 0.5) is 17.1 Å². The van der Waals surface area contributed by atoms with Crippen LogP contribution in [0.25, 0.3) is 76.9 Å². The molecule has 2 heteroatoms. The Bertz CT molecular complexity index is 3410. The molecule has 0 N–H and O–H groups in total. The van der Waals surface area contributed by atoms with E-state index >= 15 is 0 Å². The van der Waals surface area contributed by atoms with Crippen molar-refractivity contribution in [2.75, 3.05) is 4.90 Å². The van der Waals surface area contributed by atoms with Crippen molar-refractivity contribution in [1.82, 2.24) is 0 Å². The number of nitrogens with zero attached hydrogens (tertiary/aromatic N) is 1. The summed E-state index contributed by atoms with van der Waals surface area (Å²) in [7, 11) is 0. The van der Waals surface area contributed by atoms with Crippen LogP contribution >= 0.6 is 0 Å². The number of furan rings is 1. The lowest BCUT2D eigenvalue weighted by molar-refractivity contribution is 0.669. The second-order valence-electron chi connectivity index (χ2n) is 12.3. The second kappa shape index (κ2) is 12.5. The number of para-hydroxylation sites is 1. The molecule has 10 rings (SSSR count). The van der Waals surface area contributed by atoms with Crippen molar-refractivity contribution in [2.24, 2.45) is 0 Å². The highest BCUT2D eigenvalue weighted by atomic mass is 16.3. The molecule has 0 aliphatic carbocycles. The quantitative estimate of drug-likeness (QED) is 0.174. The molecule has 0 amide bonds. The summed E-state index contributed by atoms with van der Waals surface area (Å²) in [4.78, 5) is 0.889. The van der Waals surface area contributed by atoms with Crippen LogP contribution in [0, 0.1) is 0 Å². The molecule has 0 saturated heterocycles. The van der Waals surface area contributed by atoms with Crippen LogP contribution in [-0.2, 0) is 0 Å². The van der Waals surface area contributed by atoms with Gasteiger partial charge in [-0.25, -0.2) is 0 Å². The highest BCUT2D eigenvalue weighted by Crippen LogP contribution is 2.42. The van der Waals surface area contributed by atoms with Crippen LogP contribution in [-0.4, -0.2) is 0 Å². The minimum Gasteiger partial charge on any atom is -0.456 e. The molecule has 1 heterocycles. The van der Waals surface area contributed by atoms with Crippen LogP contribution in [0.5, 0.6) is 0 Å². The predicted molar refractivity (Wildman–Crippen MR) is 220 cm³/mol. The Kier molecular flexibility index (Phi) is 4.81. The lowest BCUT2D eigenvalue weighted by Crippen LogP contribution is -2.10. The average molecular weight is 676 g/mol. The third-order valence-corrected chi connectivity index (χ3v) is 9.30. The number of hydrogen-bond acceptors (Lipinski definition) is 2. The summed E-state index contributed by atoms with van der Waals surface area (Å²) in [5.74, 6) is 0. The van der Waals surface area contributed by atoms with E-state index in [1.54, 1.807) is 78.9 Å². The first-order valence-electron chi connectivity index (χ1n) is 22.8. The van der Waals surface area contributed by atoms with E-state index in [0.717, 1.165) is 15.7 Å². The maximum atomic E-state index is 9.93. The second-order valence-corrected chi connectivity index (χ2v) is 12.3. The van der Waals surface area contributed by atoms with Crippen molar-refractivity contribution < 1.29 is 20.9 Å². The Balaban J connectivity index is 1.33. The normalized spacial score (nSPS) is 14.7. The fourth-order valence-electron chi connectivity index (χ4n) is 6.89. The monoisotopic (exact) mass is 675 g/mol. The first kappa shape index (κ1) is 20.1. The van der Waals surface area contributed by atoms with Gasteiger partial charge in [-0.15, -0.1) is 0 Å². The van der Waals surface area contributed by atoms with Crippen molar-refractivity contribution in [3.05, 3.63) is 200 Å². The Morgan fingerprint density at radius 3 is 1.52 bits per heavy atom. The molecule has 0 spiro atoms. The molecular formula is C50H33NO. The third-order valence-electron chi connectivity index (χ3n) is 9.30. The molecule has 0 fully saturated rings. The van der Waals surface area contributed by atoms with Gasteiger partial charge in [0.25, 0.3) is 0 Å². The number of hydrogen-bond donors (Lipinski definition) is 0. The largest absolute Gasteiger partial charge is 0.456 e. The molecule has 0 saturated carbocycles. The number of anilines is 3. The van der Waals surface area contributed by atoms with Gasteiger partial charge in [0.2, 0.25) is 0 Å². The first-order chi connectivity index (χ1) is 30.8. The van der Waals surface area contributed by atoms with Crippen molar-refractivity contribution in [3.8, 4) is 33.4 Å². The van der Waals surface area contributed by atoms with Crippen LogP contribution in [0.3, 0.4) is 0 Å². The topological polar surface area (TPSA) is 16.4 Å². The van der Waals surface area contributed by atoms with Crippen LogP contribution in [0.15, 0.2) is 204 Å². The average Bonchev–Trinajstić information content (AvgIpc) is 3.69. The summed E-state index contributed by atoms with van der Waals surface area (Å²) in [5.41, 5.74) is 0.154. The Labute approximate surface area is 319 Å². The molecule has 0 atom stereocenters. The molecule has 9 aromatic carbocycles. The minimum atomic E-state index is -0.743. The Hall–Kier alpha value is -6.90. The number of fused-ring (bicyclic) bond motifs is 5. The third kappa shape index (κ3) is 5.12. The van der Waals surface area contributed by atoms with Crippen molar-refractivity contribution >= 4 is 60.5 Å². The van der Waals surface area contributed by atoms with E-state index in [1.165, 1.54) is 0 Å². The summed E-state index contributed by atoms with van der Waals surface area (Å²) in [5, 5.41) is 4.08. The molecule has 0 bridgehead atoms. The van der Waals surface area contributed by atoms with Crippen molar-refractivity contribution in [2.45, 2.75) is 0 Å². The minimum absolute atomic E-state index is 0.0413. The molecule has 0 aliphatic heterocycles. The van der Waals surface area contributed by atoms with E-state index in [4.69, 9.17) is 4.42 Å². The van der Waals surface area contributed by atoms with Crippen LogP contribution in [0.2, 0.25) is 0 Å². The lowest BCUT2D eigenvalue weighted by Gasteiger charge is -2.26. The van der Waals surface area contributed by atoms with Gasteiger partial charge in [-0.3, -0.25) is 0 Å². The zero-order chi connectivity index (χ0) is 44.9. The van der Waals surface area contributed by atoms with Gasteiger partial charge in [0.05, 0.1) is 16.4 Å². The van der Waals surface area contributed by atoms with Crippen LogP contribution in [0.1, 0.15) is 16.4 Å². The van der Waals surface area contributed by atoms with Gasteiger partial charge >= 0.3 is 0 Å². The van der Waals surface area contributed by atoms with Gasteiger partial charge in [0.1, 0.15) is 11.2 Å². The molecule has 244 valence electrons. The van der Waals surface area contributed by atoms with Crippen molar-refractivity contribution in [1.29, 1.82) is 0 Å². The fourth-order valence-corrected chi connectivity index (χ4v) is 6.89. The molecule has 2 nitrogen and oxygen atoms in total.